The topological polar surface area (TPSA) is 73.6 Å². The lowest BCUT2D eigenvalue weighted by atomic mass is 10.2. The maximum atomic E-state index is 10.8. The van der Waals surface area contributed by atoms with E-state index in [1.54, 1.807) is 7.11 Å². The molecule has 5 heteroatoms. The first-order valence-electron chi connectivity index (χ1n) is 4.96. The average Bonchev–Trinajstić information content (AvgIpc) is 2.35. The molecule has 5 nitrogen and oxygen atoms in total. The normalized spacial score (nSPS) is 9.88. The van der Waals surface area contributed by atoms with E-state index >= 15 is 0 Å². The van der Waals surface area contributed by atoms with Crippen molar-refractivity contribution in [2.75, 3.05) is 13.7 Å². The number of carbonyl (C=O) groups excluding carboxylic acids is 1. The molecule has 0 fully saturated rings. The van der Waals surface area contributed by atoms with Crippen LogP contribution >= 0.6 is 0 Å². The lowest BCUT2D eigenvalue weighted by Crippen LogP contribution is -2.30. The molecule has 0 spiro atoms. The number of ether oxygens (including phenoxy) is 2. The maximum Gasteiger partial charge on any atom is 0.236 e. The molecule has 16 heavy (non-hydrogen) atoms. The number of methoxy groups -OCH3 is 1. The first-order valence-corrected chi connectivity index (χ1v) is 4.96. The van der Waals surface area contributed by atoms with Crippen molar-refractivity contribution in [3.63, 3.8) is 0 Å². The highest BCUT2D eigenvalue weighted by molar-refractivity contribution is 5.75. The summed E-state index contributed by atoms with van der Waals surface area (Å²) in [5.41, 5.74) is 3.08. The molecule has 1 aromatic carbocycles. The number of amides is 1. The van der Waals surface area contributed by atoms with Crippen LogP contribution in [0.25, 0.3) is 0 Å². The van der Waals surface area contributed by atoms with Gasteiger partial charge in [-0.15, -0.1) is 0 Å². The monoisotopic (exact) mass is 224 g/mol. The Labute approximate surface area is 94.5 Å². The molecule has 0 unspecified atom stereocenters. The maximum absolute atomic E-state index is 10.8. The van der Waals surface area contributed by atoms with Crippen molar-refractivity contribution in [1.82, 2.24) is 5.43 Å². The van der Waals surface area contributed by atoms with Gasteiger partial charge in [-0.3, -0.25) is 10.2 Å². The second-order valence-corrected chi connectivity index (χ2v) is 3.22. The molecule has 1 amide bonds. The smallest absolute Gasteiger partial charge is 0.236 e. The fourth-order valence-corrected chi connectivity index (χ4v) is 1.15. The Bertz CT molecular complexity index is 325. The van der Waals surface area contributed by atoms with Gasteiger partial charge in [-0.25, -0.2) is 5.84 Å². The van der Waals surface area contributed by atoms with E-state index in [1.165, 1.54) is 0 Å². The van der Waals surface area contributed by atoms with Gasteiger partial charge >= 0.3 is 0 Å². The van der Waals surface area contributed by atoms with E-state index in [0.29, 0.717) is 13.2 Å². The van der Waals surface area contributed by atoms with Crippen LogP contribution in [0.15, 0.2) is 24.3 Å². The minimum Gasteiger partial charge on any atom is -0.497 e. The zero-order valence-electron chi connectivity index (χ0n) is 9.23. The highest BCUT2D eigenvalue weighted by Crippen LogP contribution is 2.11. The van der Waals surface area contributed by atoms with Crippen molar-refractivity contribution < 1.29 is 14.3 Å². The molecule has 88 valence electrons. The van der Waals surface area contributed by atoms with E-state index in [9.17, 15) is 4.79 Å². The van der Waals surface area contributed by atoms with Gasteiger partial charge in [-0.1, -0.05) is 12.1 Å². The molecule has 0 saturated heterocycles. The fourth-order valence-electron chi connectivity index (χ4n) is 1.15. The van der Waals surface area contributed by atoms with Gasteiger partial charge in [0.2, 0.25) is 5.91 Å². The Kier molecular flexibility index (Phi) is 5.31. The van der Waals surface area contributed by atoms with Gasteiger partial charge in [0.15, 0.2) is 0 Å². The minimum atomic E-state index is -0.227. The quantitative estimate of drug-likeness (QED) is 0.321. The summed E-state index contributed by atoms with van der Waals surface area (Å²) in [4.78, 5) is 10.8. The summed E-state index contributed by atoms with van der Waals surface area (Å²) in [7, 11) is 1.62. The first-order chi connectivity index (χ1) is 7.76. The summed E-state index contributed by atoms with van der Waals surface area (Å²) in [6, 6.07) is 7.57. The number of nitrogens with one attached hydrogen (secondary N) is 1. The van der Waals surface area contributed by atoms with Crippen molar-refractivity contribution in [3.05, 3.63) is 29.8 Å². The van der Waals surface area contributed by atoms with Crippen LogP contribution in [0, 0.1) is 0 Å². The average molecular weight is 224 g/mol. The van der Waals surface area contributed by atoms with Crippen molar-refractivity contribution in [3.8, 4) is 5.75 Å². The van der Waals surface area contributed by atoms with E-state index in [0.717, 1.165) is 11.3 Å². The summed E-state index contributed by atoms with van der Waals surface area (Å²) >= 11 is 0. The summed E-state index contributed by atoms with van der Waals surface area (Å²) in [6.07, 6.45) is 0.270. The highest BCUT2D eigenvalue weighted by Gasteiger charge is 1.98. The van der Waals surface area contributed by atoms with Gasteiger partial charge in [-0.2, -0.15) is 0 Å². The molecular formula is C11H16N2O3. The lowest BCUT2D eigenvalue weighted by molar-refractivity contribution is -0.122. The SMILES string of the molecule is COc1ccc(COCCC(=O)NN)cc1. The van der Waals surface area contributed by atoms with Gasteiger partial charge in [0.25, 0.3) is 0 Å². The summed E-state index contributed by atoms with van der Waals surface area (Å²) in [5.74, 6) is 5.51. The molecule has 1 aromatic rings. The van der Waals surface area contributed by atoms with Crippen LogP contribution in [0.4, 0.5) is 0 Å². The minimum absolute atomic E-state index is 0.227. The number of carbonyl (C=O) groups is 1. The third kappa shape index (κ3) is 4.29. The lowest BCUT2D eigenvalue weighted by Gasteiger charge is -2.05. The molecular weight excluding hydrogens is 208 g/mol. The van der Waals surface area contributed by atoms with Crippen LogP contribution in [0.3, 0.4) is 0 Å². The summed E-state index contributed by atoms with van der Waals surface area (Å²) in [5, 5.41) is 0. The Balaban J connectivity index is 2.24. The Morgan fingerprint density at radius 1 is 1.38 bits per heavy atom. The molecule has 1 rings (SSSR count). The number of hydrogen-bond donors (Lipinski definition) is 2. The van der Waals surface area contributed by atoms with E-state index < -0.39 is 0 Å². The predicted octanol–water partition coefficient (Wildman–Crippen LogP) is 0.592. The Morgan fingerprint density at radius 2 is 2.06 bits per heavy atom. The van der Waals surface area contributed by atoms with Crippen LogP contribution in [0.2, 0.25) is 0 Å². The predicted molar refractivity (Wildman–Crippen MR) is 59.6 cm³/mol. The molecule has 0 saturated carbocycles. The summed E-state index contributed by atoms with van der Waals surface area (Å²) in [6.45, 7) is 0.830. The molecule has 0 aromatic heterocycles. The molecule has 0 bridgehead atoms. The van der Waals surface area contributed by atoms with E-state index in [-0.39, 0.29) is 12.3 Å². The molecule has 0 atom stereocenters. The number of nitrogens with two attached hydrogens (primary N) is 1. The molecule has 0 aliphatic carbocycles. The Hall–Kier alpha value is -1.59. The van der Waals surface area contributed by atoms with Crippen LogP contribution in [0.5, 0.6) is 5.75 Å². The van der Waals surface area contributed by atoms with Gasteiger partial charge in [-0.05, 0) is 17.7 Å². The zero-order valence-corrected chi connectivity index (χ0v) is 9.23. The Morgan fingerprint density at radius 3 is 2.62 bits per heavy atom. The highest BCUT2D eigenvalue weighted by atomic mass is 16.5. The summed E-state index contributed by atoms with van der Waals surface area (Å²) < 4.78 is 10.3. The van der Waals surface area contributed by atoms with Crippen molar-refractivity contribution >= 4 is 5.91 Å². The first kappa shape index (κ1) is 12.5. The van der Waals surface area contributed by atoms with Crippen LogP contribution in [-0.4, -0.2) is 19.6 Å². The number of rotatable bonds is 6. The molecule has 0 aliphatic rings. The van der Waals surface area contributed by atoms with Crippen molar-refractivity contribution in [2.45, 2.75) is 13.0 Å². The fraction of sp³-hybridized carbons (Fsp3) is 0.364. The standard InChI is InChI=1S/C11H16N2O3/c1-15-10-4-2-9(3-5-10)8-16-7-6-11(14)13-12/h2-5H,6-8,12H2,1H3,(H,13,14). The van der Waals surface area contributed by atoms with Crippen LogP contribution in [0.1, 0.15) is 12.0 Å². The van der Waals surface area contributed by atoms with Gasteiger partial charge < -0.3 is 9.47 Å². The molecule has 3 N–H and O–H groups in total. The third-order valence-electron chi connectivity index (χ3n) is 2.06. The second kappa shape index (κ2) is 6.81. The van der Waals surface area contributed by atoms with Gasteiger partial charge in [0.05, 0.1) is 26.7 Å². The number of hydrazine groups is 1. The van der Waals surface area contributed by atoms with Gasteiger partial charge in [0, 0.05) is 0 Å². The molecule has 0 aliphatic heterocycles. The van der Waals surface area contributed by atoms with E-state index in [1.807, 2.05) is 29.7 Å². The zero-order chi connectivity index (χ0) is 11.8. The molecule has 0 heterocycles. The third-order valence-corrected chi connectivity index (χ3v) is 2.06. The second-order valence-electron chi connectivity index (χ2n) is 3.22. The van der Waals surface area contributed by atoms with Crippen LogP contribution < -0.4 is 16.0 Å². The van der Waals surface area contributed by atoms with Crippen LogP contribution in [-0.2, 0) is 16.1 Å². The van der Waals surface area contributed by atoms with Crippen molar-refractivity contribution in [1.29, 1.82) is 0 Å². The number of hydrogen-bond acceptors (Lipinski definition) is 4. The molecule has 0 radical (unpaired) electrons. The van der Waals surface area contributed by atoms with E-state index in [2.05, 4.69) is 0 Å². The van der Waals surface area contributed by atoms with Crippen molar-refractivity contribution in [2.24, 2.45) is 5.84 Å². The van der Waals surface area contributed by atoms with Gasteiger partial charge in [0.1, 0.15) is 5.75 Å². The van der Waals surface area contributed by atoms with E-state index in [4.69, 9.17) is 15.3 Å². The largest absolute Gasteiger partial charge is 0.497 e. The number of benzene rings is 1.